The van der Waals surface area contributed by atoms with Crippen molar-refractivity contribution in [1.29, 1.82) is 0 Å². The number of hydrogen-bond acceptors (Lipinski definition) is 7. The van der Waals surface area contributed by atoms with Crippen molar-refractivity contribution in [3.8, 4) is 0 Å². The first kappa shape index (κ1) is 18.8. The van der Waals surface area contributed by atoms with E-state index in [0.717, 1.165) is 11.5 Å². The predicted molar refractivity (Wildman–Crippen MR) is 103 cm³/mol. The highest BCUT2D eigenvalue weighted by Gasteiger charge is 2.24. The molecular weight excluding hydrogens is 372 g/mol. The van der Waals surface area contributed by atoms with E-state index in [9.17, 15) is 9.59 Å². The fourth-order valence-corrected chi connectivity index (χ4v) is 5.34. The zero-order chi connectivity index (χ0) is 18.5. The lowest BCUT2D eigenvalue weighted by atomic mass is 10.1. The van der Waals surface area contributed by atoms with Crippen LogP contribution in [0.15, 0.2) is 34.9 Å². The third-order valence-electron chi connectivity index (χ3n) is 3.83. The number of aryl methyl sites for hydroxylation is 1. The van der Waals surface area contributed by atoms with Crippen LogP contribution in [0.4, 0.5) is 5.82 Å². The molecule has 1 N–H and O–H groups in total. The highest BCUT2D eigenvalue weighted by atomic mass is 32.2. The van der Waals surface area contributed by atoms with Gasteiger partial charge in [-0.2, -0.15) is 0 Å². The minimum atomic E-state index is -0.889. The van der Waals surface area contributed by atoms with Gasteiger partial charge in [0.05, 0.1) is 10.1 Å². The van der Waals surface area contributed by atoms with Crippen molar-refractivity contribution in [3.63, 3.8) is 0 Å². The van der Waals surface area contributed by atoms with Gasteiger partial charge in [0.2, 0.25) is 0 Å². The van der Waals surface area contributed by atoms with Gasteiger partial charge in [-0.3, -0.25) is 4.79 Å². The second kappa shape index (κ2) is 8.64. The molecule has 1 aromatic heterocycles. The first-order valence-corrected chi connectivity index (χ1v) is 10.4. The molecule has 138 valence electrons. The van der Waals surface area contributed by atoms with Crippen LogP contribution in [0, 0.1) is 6.92 Å². The maximum atomic E-state index is 12.4. The molecule has 8 heteroatoms. The normalized spacial score (nSPS) is 15.6. The SMILES string of the molecule is CCC(OC(=O)c1ccc(C2SCCS2)cc1)C(=O)Nc1cc(C)on1. The summed E-state index contributed by atoms with van der Waals surface area (Å²) in [5, 5.41) is 6.30. The Morgan fingerprint density at radius 1 is 1.31 bits per heavy atom. The number of nitrogens with zero attached hydrogens (tertiary/aromatic N) is 1. The van der Waals surface area contributed by atoms with Crippen LogP contribution in [-0.4, -0.2) is 34.6 Å². The van der Waals surface area contributed by atoms with Gasteiger partial charge in [-0.25, -0.2) is 4.79 Å². The standard InChI is InChI=1S/C18H20N2O4S2/c1-3-14(16(21)19-15-10-11(2)24-20-15)23-17(22)12-4-6-13(7-5-12)18-25-8-9-26-18/h4-7,10,14,18H,3,8-9H2,1-2H3,(H,19,20,21). The van der Waals surface area contributed by atoms with Crippen molar-refractivity contribution < 1.29 is 18.8 Å². The van der Waals surface area contributed by atoms with Crippen LogP contribution >= 0.6 is 23.5 Å². The van der Waals surface area contributed by atoms with Crippen LogP contribution in [0.3, 0.4) is 0 Å². The van der Waals surface area contributed by atoms with Crippen molar-refractivity contribution in [2.24, 2.45) is 0 Å². The third-order valence-corrected chi connectivity index (χ3v) is 6.94. The predicted octanol–water partition coefficient (Wildman–Crippen LogP) is 4.04. The van der Waals surface area contributed by atoms with Crippen molar-refractivity contribution in [3.05, 3.63) is 47.2 Å². The number of esters is 1. The van der Waals surface area contributed by atoms with Gasteiger partial charge in [0.1, 0.15) is 5.76 Å². The second-order valence-corrected chi connectivity index (χ2v) is 8.53. The summed E-state index contributed by atoms with van der Waals surface area (Å²) in [7, 11) is 0. The zero-order valence-electron chi connectivity index (χ0n) is 14.6. The molecule has 0 spiro atoms. The maximum absolute atomic E-state index is 12.4. The van der Waals surface area contributed by atoms with Crippen LogP contribution in [0.25, 0.3) is 0 Å². The lowest BCUT2D eigenvalue weighted by Crippen LogP contribution is -2.32. The molecule has 3 rings (SSSR count). The van der Waals surface area contributed by atoms with Crippen LogP contribution in [0.1, 0.15) is 39.6 Å². The molecule has 0 aliphatic carbocycles. The average molecular weight is 393 g/mol. The van der Waals surface area contributed by atoms with Crippen LogP contribution in [0.2, 0.25) is 0 Å². The van der Waals surface area contributed by atoms with Gasteiger partial charge in [-0.15, -0.1) is 23.5 Å². The zero-order valence-corrected chi connectivity index (χ0v) is 16.2. The van der Waals surface area contributed by atoms with E-state index in [1.807, 2.05) is 35.7 Å². The summed E-state index contributed by atoms with van der Waals surface area (Å²) < 4.78 is 10.7. The number of hydrogen-bond donors (Lipinski definition) is 1. The minimum absolute atomic E-state index is 0.304. The Morgan fingerprint density at radius 2 is 2.00 bits per heavy atom. The first-order valence-electron chi connectivity index (χ1n) is 8.35. The smallest absolute Gasteiger partial charge is 0.338 e. The molecule has 0 saturated carbocycles. The fourth-order valence-electron chi connectivity index (χ4n) is 2.48. The Hall–Kier alpha value is -1.93. The highest BCUT2D eigenvalue weighted by Crippen LogP contribution is 2.45. The summed E-state index contributed by atoms with van der Waals surface area (Å²) in [5.74, 6) is 2.25. The molecule has 2 heterocycles. The number of rotatable bonds is 6. The summed E-state index contributed by atoms with van der Waals surface area (Å²) in [6.45, 7) is 3.51. The number of carbonyl (C=O) groups is 2. The van der Waals surface area contributed by atoms with Crippen molar-refractivity contribution in [1.82, 2.24) is 5.16 Å². The van der Waals surface area contributed by atoms with Gasteiger partial charge >= 0.3 is 5.97 Å². The third kappa shape index (κ3) is 4.62. The Bertz CT molecular complexity index is 770. The summed E-state index contributed by atoms with van der Waals surface area (Å²) in [4.78, 5) is 24.6. The molecule has 26 heavy (non-hydrogen) atoms. The monoisotopic (exact) mass is 392 g/mol. The molecule has 1 saturated heterocycles. The number of aromatic nitrogens is 1. The quantitative estimate of drug-likeness (QED) is 0.743. The number of benzene rings is 1. The van der Waals surface area contributed by atoms with E-state index in [4.69, 9.17) is 9.26 Å². The Labute approximate surface area is 160 Å². The summed E-state index contributed by atoms with van der Waals surface area (Å²) in [5.41, 5.74) is 1.63. The average Bonchev–Trinajstić information content (AvgIpc) is 3.31. The largest absolute Gasteiger partial charge is 0.449 e. The fraction of sp³-hybridized carbons (Fsp3) is 0.389. The van der Waals surface area contributed by atoms with E-state index in [1.54, 1.807) is 32.0 Å². The van der Waals surface area contributed by atoms with E-state index in [-0.39, 0.29) is 0 Å². The van der Waals surface area contributed by atoms with Crippen LogP contribution < -0.4 is 5.32 Å². The molecule has 0 radical (unpaired) electrons. The molecule has 1 aromatic carbocycles. The Balaban J connectivity index is 1.60. The van der Waals surface area contributed by atoms with E-state index < -0.39 is 18.0 Å². The van der Waals surface area contributed by atoms with Gasteiger partial charge in [0.25, 0.3) is 5.91 Å². The minimum Gasteiger partial charge on any atom is -0.449 e. The lowest BCUT2D eigenvalue weighted by Gasteiger charge is -2.15. The van der Waals surface area contributed by atoms with Gasteiger partial charge in [0, 0.05) is 17.6 Å². The molecule has 2 aromatic rings. The first-order chi connectivity index (χ1) is 12.6. The number of anilines is 1. The molecule has 1 atom stereocenters. The van der Waals surface area contributed by atoms with Crippen molar-refractivity contribution in [2.75, 3.05) is 16.8 Å². The number of carbonyl (C=O) groups excluding carboxylic acids is 2. The van der Waals surface area contributed by atoms with Crippen LogP contribution in [0.5, 0.6) is 0 Å². The second-order valence-electron chi connectivity index (χ2n) is 5.81. The van der Waals surface area contributed by atoms with Crippen LogP contribution in [-0.2, 0) is 9.53 Å². The molecule has 1 fully saturated rings. The lowest BCUT2D eigenvalue weighted by molar-refractivity contribution is -0.124. The highest BCUT2D eigenvalue weighted by molar-refractivity contribution is 8.19. The molecule has 6 nitrogen and oxygen atoms in total. The van der Waals surface area contributed by atoms with Gasteiger partial charge in [-0.05, 0) is 31.0 Å². The van der Waals surface area contributed by atoms with Crippen molar-refractivity contribution >= 4 is 41.2 Å². The Kier molecular flexibility index (Phi) is 6.26. The molecule has 1 unspecified atom stereocenters. The topological polar surface area (TPSA) is 81.4 Å². The number of ether oxygens (including phenoxy) is 1. The van der Waals surface area contributed by atoms with E-state index >= 15 is 0 Å². The van der Waals surface area contributed by atoms with Gasteiger partial charge in [0.15, 0.2) is 11.9 Å². The van der Waals surface area contributed by atoms with Crippen molar-refractivity contribution in [2.45, 2.75) is 31.0 Å². The van der Waals surface area contributed by atoms with Gasteiger partial charge < -0.3 is 14.6 Å². The summed E-state index contributed by atoms with van der Waals surface area (Å²) in [6.07, 6.45) is -0.526. The summed E-state index contributed by atoms with van der Waals surface area (Å²) in [6, 6.07) is 9.01. The van der Waals surface area contributed by atoms with E-state index in [1.165, 1.54) is 5.56 Å². The Morgan fingerprint density at radius 3 is 2.58 bits per heavy atom. The maximum Gasteiger partial charge on any atom is 0.338 e. The van der Waals surface area contributed by atoms with E-state index in [2.05, 4.69) is 10.5 Å². The number of amides is 1. The number of thioether (sulfide) groups is 2. The molecule has 1 aliphatic heterocycles. The van der Waals surface area contributed by atoms with Gasteiger partial charge in [-0.1, -0.05) is 24.2 Å². The molecular formula is C18H20N2O4S2. The molecule has 1 aliphatic rings. The summed E-state index contributed by atoms with van der Waals surface area (Å²) >= 11 is 3.82. The van der Waals surface area contributed by atoms with E-state index in [0.29, 0.717) is 28.1 Å². The molecule has 0 bridgehead atoms. The molecule has 1 amide bonds. The number of nitrogens with one attached hydrogen (secondary N) is 1.